The molecule has 0 aliphatic rings. The number of benzene rings is 2. The summed E-state index contributed by atoms with van der Waals surface area (Å²) >= 11 is 6.09. The van der Waals surface area contributed by atoms with Crippen LogP contribution >= 0.6 is 11.6 Å². The van der Waals surface area contributed by atoms with Gasteiger partial charge in [-0.1, -0.05) is 17.7 Å². The number of aromatic nitrogens is 3. The van der Waals surface area contributed by atoms with Gasteiger partial charge < -0.3 is 5.32 Å². The summed E-state index contributed by atoms with van der Waals surface area (Å²) in [6.45, 7) is 0. The number of H-pyrrole nitrogens is 1. The number of nitrogens with one attached hydrogen (secondary N) is 2. The quantitative estimate of drug-likeness (QED) is 0.566. The number of pyridine rings is 1. The zero-order valence-electron chi connectivity index (χ0n) is 11.3. The average molecular weight is 313 g/mol. The van der Waals surface area contributed by atoms with Gasteiger partial charge in [-0.2, -0.15) is 5.10 Å². The molecule has 0 aliphatic carbocycles. The molecular weight excluding hydrogens is 303 g/mol. The van der Waals surface area contributed by atoms with Gasteiger partial charge in [0.15, 0.2) is 5.82 Å². The number of anilines is 2. The Labute approximate surface area is 129 Å². The third kappa shape index (κ3) is 2.07. The van der Waals surface area contributed by atoms with Crippen LogP contribution in [-0.2, 0) is 0 Å². The summed E-state index contributed by atoms with van der Waals surface area (Å²) in [6.07, 6.45) is 1.70. The Balaban J connectivity index is 1.80. The fraction of sp³-hybridized carbons (Fsp3) is 0. The number of nitrogens with zero attached hydrogens (tertiary/aromatic N) is 2. The molecule has 0 unspecified atom stereocenters. The molecule has 6 heteroatoms. The maximum Gasteiger partial charge on any atom is 0.178 e. The highest BCUT2D eigenvalue weighted by molar-refractivity contribution is 6.35. The van der Waals surface area contributed by atoms with Crippen molar-refractivity contribution in [3.8, 4) is 0 Å². The van der Waals surface area contributed by atoms with Gasteiger partial charge in [0.25, 0.3) is 0 Å². The maximum absolute atomic E-state index is 14.0. The van der Waals surface area contributed by atoms with Crippen molar-refractivity contribution in [2.75, 3.05) is 5.32 Å². The predicted octanol–water partition coefficient (Wildman–Crippen LogP) is 4.65. The lowest BCUT2D eigenvalue weighted by Gasteiger charge is -2.07. The van der Waals surface area contributed by atoms with Crippen molar-refractivity contribution in [1.29, 1.82) is 0 Å². The first-order valence-electron chi connectivity index (χ1n) is 6.66. The van der Waals surface area contributed by atoms with Gasteiger partial charge in [0.05, 0.1) is 5.52 Å². The molecule has 0 saturated heterocycles. The van der Waals surface area contributed by atoms with Crippen molar-refractivity contribution >= 4 is 44.9 Å². The fourth-order valence-corrected chi connectivity index (χ4v) is 2.66. The molecule has 0 spiro atoms. The molecule has 0 atom stereocenters. The molecule has 2 aromatic heterocycles. The summed E-state index contributed by atoms with van der Waals surface area (Å²) in [6, 6.07) is 12.0. The van der Waals surface area contributed by atoms with Crippen LogP contribution in [0.2, 0.25) is 5.02 Å². The second-order valence-electron chi connectivity index (χ2n) is 4.89. The number of rotatable bonds is 2. The molecule has 0 aliphatic heterocycles. The molecule has 0 bridgehead atoms. The second-order valence-corrected chi connectivity index (χ2v) is 5.29. The van der Waals surface area contributed by atoms with Gasteiger partial charge in [0.1, 0.15) is 11.3 Å². The molecule has 0 saturated carbocycles. The Morgan fingerprint density at radius 2 is 2.00 bits per heavy atom. The van der Waals surface area contributed by atoms with E-state index in [0.29, 0.717) is 27.3 Å². The molecule has 2 heterocycles. The summed E-state index contributed by atoms with van der Waals surface area (Å²) in [4.78, 5) is 4.28. The third-order valence-electron chi connectivity index (χ3n) is 3.49. The van der Waals surface area contributed by atoms with Crippen molar-refractivity contribution in [2.45, 2.75) is 0 Å². The number of halogens is 2. The van der Waals surface area contributed by atoms with E-state index >= 15 is 0 Å². The van der Waals surface area contributed by atoms with E-state index in [1.807, 2.05) is 18.2 Å². The minimum absolute atomic E-state index is 0.312. The average Bonchev–Trinajstić information content (AvgIpc) is 2.94. The van der Waals surface area contributed by atoms with Crippen LogP contribution in [0.15, 0.2) is 48.7 Å². The molecule has 4 rings (SSSR count). The standard InChI is InChI=1S/C16H10ClFN4/c17-12-5-6-13(18)11-8-9(3-4-10(11)12)20-16-15-14(21-22-16)2-1-7-19-15/h1-8H,(H2,20,21,22). The summed E-state index contributed by atoms with van der Waals surface area (Å²) in [5.74, 6) is 0.283. The van der Waals surface area contributed by atoms with Gasteiger partial charge in [-0.25, -0.2) is 4.39 Å². The Bertz CT molecular complexity index is 996. The number of aromatic amines is 1. The first kappa shape index (κ1) is 13.0. The van der Waals surface area contributed by atoms with Crippen LogP contribution in [-0.4, -0.2) is 15.2 Å². The lowest BCUT2D eigenvalue weighted by atomic mass is 10.1. The first-order valence-corrected chi connectivity index (χ1v) is 7.04. The van der Waals surface area contributed by atoms with Gasteiger partial charge in [0, 0.05) is 27.7 Å². The van der Waals surface area contributed by atoms with E-state index in [2.05, 4.69) is 20.5 Å². The zero-order valence-corrected chi connectivity index (χ0v) is 12.0. The van der Waals surface area contributed by atoms with Crippen LogP contribution in [0.3, 0.4) is 0 Å². The molecule has 2 N–H and O–H groups in total. The van der Waals surface area contributed by atoms with Crippen molar-refractivity contribution in [3.05, 3.63) is 59.5 Å². The van der Waals surface area contributed by atoms with Crippen molar-refractivity contribution in [3.63, 3.8) is 0 Å². The minimum atomic E-state index is -0.312. The molecule has 0 fully saturated rings. The minimum Gasteiger partial charge on any atom is -0.337 e. The monoisotopic (exact) mass is 312 g/mol. The highest BCUT2D eigenvalue weighted by Gasteiger charge is 2.09. The summed E-state index contributed by atoms with van der Waals surface area (Å²) in [7, 11) is 0. The molecular formula is C16H10ClFN4. The lowest BCUT2D eigenvalue weighted by Crippen LogP contribution is -1.92. The van der Waals surface area contributed by atoms with Gasteiger partial charge in [0.2, 0.25) is 0 Å². The van der Waals surface area contributed by atoms with E-state index in [4.69, 9.17) is 11.6 Å². The van der Waals surface area contributed by atoms with Crippen molar-refractivity contribution in [1.82, 2.24) is 15.2 Å². The number of fused-ring (bicyclic) bond motifs is 2. The Hall–Kier alpha value is -2.66. The lowest BCUT2D eigenvalue weighted by molar-refractivity contribution is 0.640. The Morgan fingerprint density at radius 3 is 2.91 bits per heavy atom. The van der Waals surface area contributed by atoms with Crippen LogP contribution < -0.4 is 5.32 Å². The molecule has 2 aromatic carbocycles. The van der Waals surface area contributed by atoms with E-state index in [1.54, 1.807) is 24.4 Å². The van der Waals surface area contributed by atoms with Gasteiger partial charge in [-0.15, -0.1) is 0 Å². The van der Waals surface area contributed by atoms with E-state index in [-0.39, 0.29) is 5.82 Å². The second kappa shape index (κ2) is 4.96. The van der Waals surface area contributed by atoms with Crippen LogP contribution in [0.1, 0.15) is 0 Å². The maximum atomic E-state index is 14.0. The van der Waals surface area contributed by atoms with E-state index in [9.17, 15) is 4.39 Å². The predicted molar refractivity (Wildman–Crippen MR) is 86.1 cm³/mol. The normalized spacial score (nSPS) is 11.2. The van der Waals surface area contributed by atoms with Crippen LogP contribution in [0, 0.1) is 5.82 Å². The van der Waals surface area contributed by atoms with Crippen molar-refractivity contribution < 1.29 is 4.39 Å². The smallest absolute Gasteiger partial charge is 0.178 e. The number of hydrogen-bond acceptors (Lipinski definition) is 3. The van der Waals surface area contributed by atoms with Gasteiger partial charge in [-0.3, -0.25) is 10.1 Å². The topological polar surface area (TPSA) is 53.6 Å². The van der Waals surface area contributed by atoms with E-state index in [1.165, 1.54) is 6.07 Å². The van der Waals surface area contributed by atoms with Crippen LogP contribution in [0.25, 0.3) is 21.8 Å². The largest absolute Gasteiger partial charge is 0.337 e. The molecule has 0 amide bonds. The third-order valence-corrected chi connectivity index (χ3v) is 3.82. The highest BCUT2D eigenvalue weighted by atomic mass is 35.5. The first-order chi connectivity index (χ1) is 10.7. The van der Waals surface area contributed by atoms with E-state index < -0.39 is 0 Å². The number of hydrogen-bond donors (Lipinski definition) is 2. The van der Waals surface area contributed by atoms with E-state index in [0.717, 1.165) is 11.0 Å². The molecule has 108 valence electrons. The fourth-order valence-electron chi connectivity index (χ4n) is 2.43. The molecule has 4 aromatic rings. The Kier molecular flexibility index (Phi) is 2.94. The van der Waals surface area contributed by atoms with Crippen LogP contribution in [0.5, 0.6) is 0 Å². The summed E-state index contributed by atoms with van der Waals surface area (Å²) in [5.41, 5.74) is 2.28. The highest BCUT2D eigenvalue weighted by Crippen LogP contribution is 2.30. The summed E-state index contributed by atoms with van der Waals surface area (Å²) < 4.78 is 14.0. The Morgan fingerprint density at radius 1 is 1.09 bits per heavy atom. The van der Waals surface area contributed by atoms with Crippen molar-refractivity contribution in [2.24, 2.45) is 0 Å². The molecule has 0 radical (unpaired) electrons. The zero-order chi connectivity index (χ0) is 15.1. The molecule has 22 heavy (non-hydrogen) atoms. The van der Waals surface area contributed by atoms with Gasteiger partial charge in [-0.05, 0) is 36.4 Å². The summed E-state index contributed by atoms with van der Waals surface area (Å²) in [5, 5.41) is 11.9. The SMILES string of the molecule is Fc1ccc(Cl)c2ccc(Nc3n[nH]c4cccnc34)cc12. The molecule has 4 nitrogen and oxygen atoms in total. The van der Waals surface area contributed by atoms with Gasteiger partial charge >= 0.3 is 0 Å². The van der Waals surface area contributed by atoms with Crippen LogP contribution in [0.4, 0.5) is 15.9 Å².